The molecule has 44 heavy (non-hydrogen) atoms. The van der Waals surface area contributed by atoms with Crippen LogP contribution in [0.3, 0.4) is 0 Å². The number of hydrogen-bond donors (Lipinski definition) is 0. The molecule has 2 aromatic heterocycles. The van der Waals surface area contributed by atoms with E-state index in [4.69, 9.17) is 4.42 Å². The zero-order valence-corrected chi connectivity index (χ0v) is 23.9. The van der Waals surface area contributed by atoms with Crippen molar-refractivity contribution in [1.82, 2.24) is 4.57 Å². The van der Waals surface area contributed by atoms with Crippen molar-refractivity contribution < 1.29 is 4.42 Å². The largest absolute Gasteiger partial charge is 0.456 e. The molecule has 2 nitrogen and oxygen atoms in total. The standard InChI is InChI=1S/C42H25NO/c1-2-11-26(12-3-1)27-13-8-14-28(25-27)29-15-6-7-20-34(29)43-35-21-9-18-32-30-16-4-5-17-31(30)33-19-10-22-37-40(33)42-38(44-37)24-23-36(43)41(42)39(32)35/h1-7,10-13,15-20,22-25H,8,14H2. The van der Waals surface area contributed by atoms with Gasteiger partial charge in [-0.2, -0.15) is 0 Å². The van der Waals surface area contributed by atoms with Crippen LogP contribution in [0.1, 0.15) is 24.0 Å². The van der Waals surface area contributed by atoms with Gasteiger partial charge in [-0.05, 0) is 82.1 Å². The molecular weight excluding hydrogens is 534 g/mol. The van der Waals surface area contributed by atoms with E-state index in [0.29, 0.717) is 0 Å². The number of fused-ring (bicyclic) bond motifs is 3. The summed E-state index contributed by atoms with van der Waals surface area (Å²) in [4.78, 5) is 0. The summed E-state index contributed by atoms with van der Waals surface area (Å²) < 4.78 is 8.95. The molecule has 2 heterocycles. The highest BCUT2D eigenvalue weighted by Gasteiger charge is 2.24. The summed E-state index contributed by atoms with van der Waals surface area (Å²) in [5.74, 6) is 0. The van der Waals surface area contributed by atoms with Crippen molar-refractivity contribution in [3.05, 3.63) is 151 Å². The molecule has 0 aliphatic heterocycles. The lowest BCUT2D eigenvalue weighted by Crippen LogP contribution is -2.01. The van der Waals surface area contributed by atoms with Gasteiger partial charge in [-0.1, -0.05) is 103 Å². The molecule has 0 fully saturated rings. The van der Waals surface area contributed by atoms with Crippen LogP contribution in [0.5, 0.6) is 0 Å². The number of para-hydroxylation sites is 1. The number of nitrogens with zero attached hydrogens (tertiary/aromatic N) is 1. The Morgan fingerprint density at radius 3 is 2.30 bits per heavy atom. The Morgan fingerprint density at radius 1 is 0.614 bits per heavy atom. The molecule has 0 amide bonds. The predicted molar refractivity (Wildman–Crippen MR) is 184 cm³/mol. The van der Waals surface area contributed by atoms with Gasteiger partial charge in [0.05, 0.1) is 11.2 Å². The average Bonchev–Trinajstić information content (AvgIpc) is 3.64. The number of allylic oxidation sites excluding steroid dienone is 4. The third kappa shape index (κ3) is 3.16. The summed E-state index contributed by atoms with van der Waals surface area (Å²) in [6.45, 7) is 0. The molecule has 2 heteroatoms. The molecule has 1 aliphatic carbocycles. The lowest BCUT2D eigenvalue weighted by molar-refractivity contribution is 0.669. The number of rotatable bonds is 3. The van der Waals surface area contributed by atoms with Crippen molar-refractivity contribution in [2.45, 2.75) is 12.8 Å². The van der Waals surface area contributed by atoms with Gasteiger partial charge in [0.2, 0.25) is 0 Å². The number of benzene rings is 5. The van der Waals surface area contributed by atoms with Crippen LogP contribution in [-0.4, -0.2) is 4.57 Å². The van der Waals surface area contributed by atoms with E-state index in [0.717, 1.165) is 40.7 Å². The first kappa shape index (κ1) is 23.7. The lowest BCUT2D eigenvalue weighted by Gasteiger charge is -2.19. The van der Waals surface area contributed by atoms with E-state index in [1.165, 1.54) is 65.4 Å². The SMILES string of the molecule is c1cc2c3ccccc3c3cccc4oc5ccc6c(c5c43)c2c(c#1)n6-c1ccccc1C1=CC(c2ccccc2)=CCC1. The van der Waals surface area contributed by atoms with Crippen LogP contribution in [0.25, 0.3) is 82.1 Å². The monoisotopic (exact) mass is 559 g/mol. The van der Waals surface area contributed by atoms with Crippen LogP contribution in [0.4, 0.5) is 0 Å². The van der Waals surface area contributed by atoms with Crippen LogP contribution in [0.15, 0.2) is 132 Å². The molecule has 0 N–H and O–H groups in total. The van der Waals surface area contributed by atoms with Crippen molar-refractivity contribution in [3.63, 3.8) is 0 Å². The zero-order valence-electron chi connectivity index (χ0n) is 23.9. The maximum Gasteiger partial charge on any atom is 0.136 e. The number of hydrogen-bond acceptors (Lipinski definition) is 1. The first-order valence-corrected chi connectivity index (χ1v) is 15.3. The normalized spacial score (nSPS) is 13.8. The molecule has 204 valence electrons. The second kappa shape index (κ2) is 8.86. The number of aromatic nitrogens is 1. The molecular formula is C42H25NO. The van der Waals surface area contributed by atoms with Gasteiger partial charge in [0.25, 0.3) is 0 Å². The van der Waals surface area contributed by atoms with E-state index >= 15 is 0 Å². The molecule has 10 rings (SSSR count). The Balaban J connectivity index is 1.36. The summed E-state index contributed by atoms with van der Waals surface area (Å²) in [6, 6.07) is 48.2. The van der Waals surface area contributed by atoms with Crippen LogP contribution in [-0.2, 0) is 0 Å². The van der Waals surface area contributed by atoms with Gasteiger partial charge in [-0.25, -0.2) is 0 Å². The highest BCUT2D eigenvalue weighted by Crippen LogP contribution is 2.47. The fourth-order valence-electron chi connectivity index (χ4n) is 7.64. The van der Waals surface area contributed by atoms with Gasteiger partial charge in [0.1, 0.15) is 16.7 Å². The highest BCUT2D eigenvalue weighted by molar-refractivity contribution is 6.37. The van der Waals surface area contributed by atoms with E-state index in [1.807, 2.05) is 0 Å². The molecule has 9 aromatic rings. The fourth-order valence-corrected chi connectivity index (χ4v) is 7.64. The minimum absolute atomic E-state index is 0.915. The van der Waals surface area contributed by atoms with E-state index in [2.05, 4.69) is 144 Å². The Bertz CT molecular complexity index is 2650. The number of furan rings is 1. The molecule has 0 spiro atoms. The molecule has 1 aliphatic rings. The minimum atomic E-state index is 0.915. The Kier molecular flexibility index (Phi) is 4.78. The molecule has 0 saturated heterocycles. The summed E-state index contributed by atoms with van der Waals surface area (Å²) in [6.07, 6.45) is 6.76. The van der Waals surface area contributed by atoms with Crippen molar-refractivity contribution >= 4 is 76.4 Å². The Labute approximate surface area is 254 Å². The third-order valence-electron chi connectivity index (χ3n) is 9.48. The van der Waals surface area contributed by atoms with Crippen molar-refractivity contribution in [2.75, 3.05) is 0 Å². The molecule has 0 unspecified atom stereocenters. The fraction of sp³-hybridized carbons (Fsp3) is 0.0476. The molecule has 7 aromatic carbocycles. The van der Waals surface area contributed by atoms with Gasteiger partial charge in [0, 0.05) is 32.5 Å². The quantitative estimate of drug-likeness (QED) is 0.211. The molecule has 0 atom stereocenters. The molecule has 0 saturated carbocycles. The second-order valence-electron chi connectivity index (χ2n) is 11.8. The van der Waals surface area contributed by atoms with Gasteiger partial charge in [-0.3, -0.25) is 0 Å². The highest BCUT2D eigenvalue weighted by atomic mass is 16.3. The molecule has 0 radical (unpaired) electrons. The Morgan fingerprint density at radius 2 is 1.39 bits per heavy atom. The second-order valence-corrected chi connectivity index (χ2v) is 11.8. The first-order chi connectivity index (χ1) is 21.8. The van der Waals surface area contributed by atoms with E-state index in [9.17, 15) is 0 Å². The van der Waals surface area contributed by atoms with Gasteiger partial charge in [0.15, 0.2) is 0 Å². The molecule has 0 bridgehead atoms. The van der Waals surface area contributed by atoms with E-state index in [-0.39, 0.29) is 0 Å². The zero-order chi connectivity index (χ0) is 28.8. The van der Waals surface area contributed by atoms with Crippen LogP contribution in [0.2, 0.25) is 0 Å². The van der Waals surface area contributed by atoms with Crippen molar-refractivity contribution in [1.29, 1.82) is 0 Å². The maximum absolute atomic E-state index is 6.54. The van der Waals surface area contributed by atoms with Gasteiger partial charge >= 0.3 is 0 Å². The minimum Gasteiger partial charge on any atom is -0.456 e. The van der Waals surface area contributed by atoms with Crippen LogP contribution < -0.4 is 0 Å². The summed E-state index contributed by atoms with van der Waals surface area (Å²) >= 11 is 0. The third-order valence-corrected chi connectivity index (χ3v) is 9.48. The van der Waals surface area contributed by atoms with Gasteiger partial charge < -0.3 is 8.98 Å². The predicted octanol–water partition coefficient (Wildman–Crippen LogP) is 11.3. The van der Waals surface area contributed by atoms with Crippen molar-refractivity contribution in [2.24, 2.45) is 0 Å². The van der Waals surface area contributed by atoms with E-state index in [1.54, 1.807) is 0 Å². The van der Waals surface area contributed by atoms with Crippen LogP contribution >= 0.6 is 0 Å². The maximum atomic E-state index is 6.54. The topological polar surface area (TPSA) is 18.1 Å². The summed E-state index contributed by atoms with van der Waals surface area (Å²) in [5, 5.41) is 9.58. The Hall–Kier alpha value is -5.78. The lowest BCUT2D eigenvalue weighted by atomic mass is 9.90. The smallest absolute Gasteiger partial charge is 0.136 e. The van der Waals surface area contributed by atoms with E-state index < -0.39 is 0 Å². The summed E-state index contributed by atoms with van der Waals surface area (Å²) in [5.41, 5.74) is 10.3. The first-order valence-electron chi connectivity index (χ1n) is 15.3. The van der Waals surface area contributed by atoms with Gasteiger partial charge in [-0.15, -0.1) is 0 Å². The summed E-state index contributed by atoms with van der Waals surface area (Å²) in [7, 11) is 0. The average molecular weight is 560 g/mol. The van der Waals surface area contributed by atoms with Crippen LogP contribution in [0, 0.1) is 12.1 Å². The van der Waals surface area contributed by atoms with Crippen molar-refractivity contribution in [3.8, 4) is 5.69 Å².